The van der Waals surface area contributed by atoms with Crippen LogP contribution in [-0.4, -0.2) is 65.4 Å². The van der Waals surface area contributed by atoms with E-state index in [4.69, 9.17) is 10.2 Å². The number of ether oxygens (including phenoxy) is 1. The maximum absolute atomic E-state index is 10.4. The van der Waals surface area contributed by atoms with E-state index in [9.17, 15) is 9.59 Å². The summed E-state index contributed by atoms with van der Waals surface area (Å²) in [4.78, 5) is 20.3. The molecule has 0 radical (unpaired) electrons. The van der Waals surface area contributed by atoms with E-state index in [2.05, 4.69) is 41.5 Å². The van der Waals surface area contributed by atoms with E-state index in [1.807, 2.05) is 0 Å². The number of quaternary nitrogens is 2. The molecule has 0 aromatic heterocycles. The molecule has 0 aliphatic rings. The molecule has 2 atom stereocenters. The molecule has 0 bridgehead atoms. The van der Waals surface area contributed by atoms with Gasteiger partial charge in [-0.1, -0.05) is 0 Å². The van der Waals surface area contributed by atoms with Crippen LogP contribution < -0.4 is 23.9 Å². The minimum absolute atomic E-state index is 0. The number of methoxy groups -OCH3 is 1. The fourth-order valence-corrected chi connectivity index (χ4v) is 0.639. The van der Waals surface area contributed by atoms with E-state index >= 15 is 0 Å². The van der Waals surface area contributed by atoms with E-state index in [1.54, 1.807) is 0 Å². The van der Waals surface area contributed by atoms with E-state index in [0.717, 1.165) is 7.11 Å². The lowest BCUT2D eigenvalue weighted by Gasteiger charge is -1.99. The third-order valence-corrected chi connectivity index (χ3v) is 2.23. The van der Waals surface area contributed by atoms with Crippen LogP contribution in [0.2, 0.25) is 0 Å². The average Bonchev–Trinajstić information content (AvgIpc) is 2.38. The molecule has 0 aliphatic heterocycles. The molecule has 0 fully saturated rings. The van der Waals surface area contributed by atoms with Gasteiger partial charge in [0, 0.05) is 11.9 Å². The molecular formula is C8H25ClN2O6S2+2. The first kappa shape index (κ1) is 31.3. The predicted octanol–water partition coefficient (Wildman–Crippen LogP) is -7.73. The zero-order chi connectivity index (χ0) is 14.4. The standard InChI is InChI=1S/C4H9NO2S.C3H7NO2S.CH4O.ClH.H2O/c1-7-4(6)3(5)2-8;4-2(1-7)3(5)6;1-2;;/h3,8H,2,5H2,1H3;2,7H,1,4H2,(H,5,6);2H,1H3;1H;1H2/p+2/t3-;2-;;;/m00.../s1. The monoisotopic (exact) mass is 344 g/mol. The Bertz CT molecular complexity index is 214. The van der Waals surface area contributed by atoms with Gasteiger partial charge in [-0.2, -0.15) is 25.3 Å². The van der Waals surface area contributed by atoms with Crippen LogP contribution in [-0.2, 0) is 14.3 Å². The highest BCUT2D eigenvalue weighted by Crippen LogP contribution is 1.82. The molecule has 0 saturated heterocycles. The van der Waals surface area contributed by atoms with Crippen LogP contribution in [0, 0.1) is 0 Å². The molecule has 11 N–H and O–H groups in total. The van der Waals surface area contributed by atoms with Gasteiger partial charge in [0.25, 0.3) is 6.04 Å². The van der Waals surface area contributed by atoms with Gasteiger partial charge >= 0.3 is 11.9 Å². The van der Waals surface area contributed by atoms with Crippen molar-refractivity contribution in [2.24, 2.45) is 0 Å². The molecule has 0 aliphatic carbocycles. The van der Waals surface area contributed by atoms with Crippen LogP contribution in [0.15, 0.2) is 0 Å². The Morgan fingerprint density at radius 3 is 1.58 bits per heavy atom. The Kier molecular flexibility index (Phi) is 37.7. The van der Waals surface area contributed by atoms with Gasteiger partial charge in [-0.05, 0) is 0 Å². The summed E-state index contributed by atoms with van der Waals surface area (Å²) in [6.07, 6.45) is 0. The van der Waals surface area contributed by atoms with Crippen molar-refractivity contribution in [1.29, 1.82) is 0 Å². The zero-order valence-corrected chi connectivity index (χ0v) is 13.5. The molecule has 0 unspecified atom stereocenters. The summed E-state index contributed by atoms with van der Waals surface area (Å²) in [6, 6.07) is -0.785. The highest BCUT2D eigenvalue weighted by atomic mass is 35.5. The van der Waals surface area contributed by atoms with Crippen LogP contribution >= 0.6 is 25.3 Å². The number of carbonyl (C=O) groups is 2. The summed E-state index contributed by atoms with van der Waals surface area (Å²) >= 11 is 7.60. The van der Waals surface area contributed by atoms with Crippen molar-refractivity contribution in [3.63, 3.8) is 0 Å². The van der Waals surface area contributed by atoms with Gasteiger partial charge in [-0.25, -0.2) is 4.79 Å². The number of aliphatic hydroxyl groups is 1. The van der Waals surface area contributed by atoms with E-state index in [1.165, 1.54) is 7.11 Å². The molecule has 0 spiro atoms. The minimum Gasteiger partial charge on any atom is -1.00 e. The molecule has 8 nitrogen and oxygen atoms in total. The Morgan fingerprint density at radius 2 is 1.53 bits per heavy atom. The van der Waals surface area contributed by atoms with Crippen molar-refractivity contribution in [2.75, 3.05) is 25.7 Å². The van der Waals surface area contributed by atoms with Gasteiger partial charge in [0.2, 0.25) is 0 Å². The van der Waals surface area contributed by atoms with Gasteiger partial charge < -0.3 is 44.3 Å². The van der Waals surface area contributed by atoms with Crippen molar-refractivity contribution >= 4 is 37.2 Å². The maximum Gasteiger partial charge on any atom is 0.575 e. The van der Waals surface area contributed by atoms with Crippen LogP contribution in [0.3, 0.4) is 0 Å². The minimum atomic E-state index is -0.644. The number of thiol groups is 2. The van der Waals surface area contributed by atoms with Gasteiger partial charge in [0.15, 0.2) is 6.04 Å². The number of hydrogen-bond donors (Lipinski definition) is 5. The predicted molar refractivity (Wildman–Crippen MR) is 73.5 cm³/mol. The summed E-state index contributed by atoms with van der Waals surface area (Å²) in [5.74, 6) is -0.148. The number of aliphatic hydroxyl groups excluding tert-OH is 1. The summed E-state index contributed by atoms with van der Waals surface area (Å²) in [5.41, 5.74) is 6.82. The topological polar surface area (TPSA) is 173 Å². The van der Waals surface area contributed by atoms with E-state index in [0.29, 0.717) is 11.5 Å². The lowest BCUT2D eigenvalue weighted by Crippen LogP contribution is -3.00. The Labute approximate surface area is 129 Å². The molecule has 0 aromatic rings. The second kappa shape index (κ2) is 22.9. The zero-order valence-electron chi connectivity index (χ0n) is 10.9. The molecule has 11 heteroatoms. The van der Waals surface area contributed by atoms with Crippen molar-refractivity contribution in [3.8, 4) is 0 Å². The highest BCUT2D eigenvalue weighted by molar-refractivity contribution is 7.80. The molecular weight excluding hydrogens is 320 g/mol. The maximum atomic E-state index is 10.4. The second-order valence-electron chi connectivity index (χ2n) is 2.65. The van der Waals surface area contributed by atoms with Crippen LogP contribution in [0.1, 0.15) is 0 Å². The smallest absolute Gasteiger partial charge is 0.575 e. The van der Waals surface area contributed by atoms with Gasteiger partial charge in [-0.15, -0.1) is 0 Å². The number of esters is 1. The quantitative estimate of drug-likeness (QED) is 0.194. The molecule has 0 saturated carbocycles. The first-order valence-electron chi connectivity index (χ1n) is 4.56. The van der Waals surface area contributed by atoms with Crippen LogP contribution in [0.5, 0.6) is 0 Å². The molecule has 0 heterocycles. The summed E-state index contributed by atoms with van der Waals surface area (Å²) in [7, 11) is 2.34. The van der Waals surface area contributed by atoms with Crippen molar-refractivity contribution in [3.05, 3.63) is 0 Å². The highest BCUT2D eigenvalue weighted by Gasteiger charge is 2.20. The third-order valence-electron chi connectivity index (χ3n) is 1.35. The Balaban J connectivity index is -0.0000000558. The van der Waals surface area contributed by atoms with Crippen molar-refractivity contribution in [1.82, 2.24) is 0 Å². The number of carbonyl (C=O) groups excluding carboxylic acids is 2. The van der Waals surface area contributed by atoms with Crippen LogP contribution in [0.25, 0.3) is 0 Å². The lowest BCUT2D eigenvalue weighted by molar-refractivity contribution is -0.400. The van der Waals surface area contributed by atoms with Gasteiger partial charge in [0.05, 0.1) is 18.6 Å². The first-order chi connectivity index (χ1) is 7.90. The Hall–Kier alpha value is -0.230. The van der Waals surface area contributed by atoms with E-state index < -0.39 is 12.0 Å². The normalized spacial score (nSPS) is 10.7. The SMILES string of the molecule is CO.COC(=O)[C@@H]([NH3+])CS.O.[Cl-].[NH3+][C@@H](CS)C(=O)[OH2+]. The summed E-state index contributed by atoms with van der Waals surface area (Å²) in [6.45, 7) is 0. The number of rotatable bonds is 4. The molecule has 0 amide bonds. The fraction of sp³-hybridized carbons (Fsp3) is 0.750. The largest absolute Gasteiger partial charge is 1.00 e. The van der Waals surface area contributed by atoms with Gasteiger partial charge in [-0.3, -0.25) is 0 Å². The van der Waals surface area contributed by atoms with Gasteiger partial charge in [0.1, 0.15) is 0 Å². The fourth-order valence-electron chi connectivity index (χ4n) is 0.324. The van der Waals surface area contributed by atoms with Crippen molar-refractivity contribution < 1.29 is 53.9 Å². The second-order valence-corrected chi connectivity index (χ2v) is 3.38. The lowest BCUT2D eigenvalue weighted by atomic mass is 10.4. The molecule has 120 valence electrons. The van der Waals surface area contributed by atoms with E-state index in [-0.39, 0.29) is 29.9 Å². The molecule has 0 aromatic carbocycles. The average molecular weight is 345 g/mol. The first-order valence-corrected chi connectivity index (χ1v) is 5.83. The van der Waals surface area contributed by atoms with Crippen LogP contribution in [0.4, 0.5) is 0 Å². The Morgan fingerprint density at radius 1 is 1.21 bits per heavy atom. The molecule has 19 heavy (non-hydrogen) atoms. The number of hydrogen-bond acceptors (Lipinski definition) is 6. The number of halogens is 1. The third kappa shape index (κ3) is 23.3. The molecule has 0 rings (SSSR count). The summed E-state index contributed by atoms with van der Waals surface area (Å²) in [5, 5.41) is 13.4. The van der Waals surface area contributed by atoms with Crippen molar-refractivity contribution in [2.45, 2.75) is 12.1 Å². The summed E-state index contributed by atoms with van der Waals surface area (Å²) < 4.78 is 4.35.